The molecule has 14 heavy (non-hydrogen) atoms. The van der Waals surface area contributed by atoms with Crippen molar-refractivity contribution in [3.05, 3.63) is 34.6 Å². The average molecular weight is 192 g/mol. The van der Waals surface area contributed by atoms with Gasteiger partial charge in [-0.3, -0.25) is 4.79 Å². The number of hydrogen-bond donors (Lipinski definition) is 1. The van der Waals surface area contributed by atoms with Gasteiger partial charge in [-0.05, 0) is 12.1 Å². The van der Waals surface area contributed by atoms with E-state index in [1.165, 1.54) is 7.05 Å². The number of fused-ring (bicyclic) bond motifs is 1. The first-order valence-electron chi connectivity index (χ1n) is 4.03. The van der Waals surface area contributed by atoms with Gasteiger partial charge < -0.3 is 5.11 Å². The Morgan fingerprint density at radius 1 is 1.36 bits per heavy atom. The summed E-state index contributed by atoms with van der Waals surface area (Å²) in [6.45, 7) is 0. The minimum Gasteiger partial charge on any atom is -0.463 e. The van der Waals surface area contributed by atoms with Gasteiger partial charge in [0.25, 0.3) is 5.56 Å². The SMILES string of the molecule is Cn1c(=O)c2ccccc2n1C(=O)O. The van der Waals surface area contributed by atoms with Crippen molar-refractivity contribution in [1.29, 1.82) is 0 Å². The molecule has 2 aromatic rings. The molecule has 0 aliphatic carbocycles. The van der Waals surface area contributed by atoms with Crippen LogP contribution in [0.25, 0.3) is 10.9 Å². The molecule has 0 atom stereocenters. The third-order valence-corrected chi connectivity index (χ3v) is 2.14. The third-order valence-electron chi connectivity index (χ3n) is 2.14. The molecule has 72 valence electrons. The van der Waals surface area contributed by atoms with E-state index in [-0.39, 0.29) is 5.56 Å². The molecule has 2 rings (SSSR count). The Kier molecular flexibility index (Phi) is 1.67. The Bertz CT molecular complexity index is 565. The summed E-state index contributed by atoms with van der Waals surface area (Å²) in [7, 11) is 1.43. The van der Waals surface area contributed by atoms with Crippen molar-refractivity contribution in [2.24, 2.45) is 7.05 Å². The Balaban J connectivity index is 3.03. The highest BCUT2D eigenvalue weighted by Gasteiger charge is 2.13. The molecule has 0 saturated carbocycles. The normalized spacial score (nSPS) is 10.6. The molecular formula is C9H8N2O3. The highest BCUT2D eigenvalue weighted by molar-refractivity contribution is 5.86. The second-order valence-corrected chi connectivity index (χ2v) is 2.94. The number of rotatable bonds is 0. The van der Waals surface area contributed by atoms with Crippen molar-refractivity contribution in [2.75, 3.05) is 0 Å². The standard InChI is InChI=1S/C9H8N2O3/c1-10-8(12)6-4-2-3-5-7(6)11(10)9(13)14/h2-5H,1H3,(H,13,14). The topological polar surface area (TPSA) is 64.2 Å². The molecule has 0 aliphatic rings. The summed E-state index contributed by atoms with van der Waals surface area (Å²) >= 11 is 0. The van der Waals surface area contributed by atoms with Gasteiger partial charge in [-0.2, -0.15) is 4.68 Å². The number of para-hydroxylation sites is 1. The zero-order valence-corrected chi connectivity index (χ0v) is 7.47. The van der Waals surface area contributed by atoms with Crippen LogP contribution in [0.2, 0.25) is 0 Å². The molecule has 0 radical (unpaired) electrons. The molecule has 0 bridgehead atoms. The van der Waals surface area contributed by atoms with Crippen LogP contribution in [0, 0.1) is 0 Å². The van der Waals surface area contributed by atoms with Gasteiger partial charge >= 0.3 is 6.09 Å². The van der Waals surface area contributed by atoms with Crippen molar-refractivity contribution >= 4 is 17.0 Å². The molecule has 5 nitrogen and oxygen atoms in total. The third kappa shape index (κ3) is 0.953. The largest absolute Gasteiger partial charge is 0.463 e. The first kappa shape index (κ1) is 8.55. The second kappa shape index (κ2) is 2.73. The smallest absolute Gasteiger partial charge is 0.431 e. The number of hydrogen-bond acceptors (Lipinski definition) is 2. The van der Waals surface area contributed by atoms with Gasteiger partial charge in [-0.25, -0.2) is 9.48 Å². The van der Waals surface area contributed by atoms with Crippen molar-refractivity contribution in [1.82, 2.24) is 9.36 Å². The van der Waals surface area contributed by atoms with Crippen molar-refractivity contribution in [3.63, 3.8) is 0 Å². The first-order chi connectivity index (χ1) is 6.63. The van der Waals surface area contributed by atoms with Crippen LogP contribution in [0.1, 0.15) is 0 Å². The van der Waals surface area contributed by atoms with Crippen LogP contribution >= 0.6 is 0 Å². The van der Waals surface area contributed by atoms with E-state index in [9.17, 15) is 9.59 Å². The number of carbonyl (C=O) groups is 1. The maximum Gasteiger partial charge on any atom is 0.431 e. The lowest BCUT2D eigenvalue weighted by Crippen LogP contribution is -2.23. The molecule has 1 aromatic heterocycles. The lowest BCUT2D eigenvalue weighted by molar-refractivity contribution is 0.190. The molecule has 0 unspecified atom stereocenters. The zero-order valence-electron chi connectivity index (χ0n) is 7.47. The minimum atomic E-state index is -1.16. The van der Waals surface area contributed by atoms with Crippen LogP contribution in [-0.2, 0) is 7.05 Å². The highest BCUT2D eigenvalue weighted by atomic mass is 16.4. The van der Waals surface area contributed by atoms with E-state index in [2.05, 4.69) is 0 Å². The monoisotopic (exact) mass is 192 g/mol. The maximum atomic E-state index is 11.5. The van der Waals surface area contributed by atoms with Crippen molar-refractivity contribution in [2.45, 2.75) is 0 Å². The number of aromatic nitrogens is 2. The summed E-state index contributed by atoms with van der Waals surface area (Å²) in [6.07, 6.45) is -1.16. The summed E-state index contributed by atoms with van der Waals surface area (Å²) in [5.74, 6) is 0. The Hall–Kier alpha value is -2.04. The first-order valence-corrected chi connectivity index (χ1v) is 4.03. The Morgan fingerprint density at radius 2 is 2.00 bits per heavy atom. The van der Waals surface area contributed by atoms with Gasteiger partial charge in [-0.1, -0.05) is 12.1 Å². The van der Waals surface area contributed by atoms with E-state index in [1.54, 1.807) is 24.3 Å². The summed E-state index contributed by atoms with van der Waals surface area (Å²) in [5, 5.41) is 9.29. The molecule has 0 fully saturated rings. The van der Waals surface area contributed by atoms with E-state index in [4.69, 9.17) is 5.11 Å². The van der Waals surface area contributed by atoms with Gasteiger partial charge in [0.1, 0.15) is 0 Å². The average Bonchev–Trinajstić information content (AvgIpc) is 2.41. The molecule has 0 spiro atoms. The number of carboxylic acid groups (broad SMARTS) is 1. The Labute approximate surface area is 78.8 Å². The predicted molar refractivity (Wildman–Crippen MR) is 50.6 cm³/mol. The summed E-state index contributed by atoms with van der Waals surface area (Å²) in [6, 6.07) is 6.61. The van der Waals surface area contributed by atoms with Gasteiger partial charge in [0.15, 0.2) is 0 Å². The highest BCUT2D eigenvalue weighted by Crippen LogP contribution is 2.09. The number of benzene rings is 1. The molecule has 0 aliphatic heterocycles. The molecular weight excluding hydrogens is 184 g/mol. The maximum absolute atomic E-state index is 11.5. The fourth-order valence-electron chi connectivity index (χ4n) is 1.50. The molecule has 0 saturated heterocycles. The van der Waals surface area contributed by atoms with E-state index >= 15 is 0 Å². The summed E-state index contributed by atoms with van der Waals surface area (Å²) in [4.78, 5) is 22.4. The zero-order chi connectivity index (χ0) is 10.3. The van der Waals surface area contributed by atoms with Crippen LogP contribution in [0.4, 0.5) is 4.79 Å². The van der Waals surface area contributed by atoms with Crippen LogP contribution < -0.4 is 5.56 Å². The van der Waals surface area contributed by atoms with E-state index < -0.39 is 6.09 Å². The van der Waals surface area contributed by atoms with Gasteiger partial charge in [-0.15, -0.1) is 0 Å². The van der Waals surface area contributed by atoms with Crippen LogP contribution in [0.5, 0.6) is 0 Å². The molecule has 1 heterocycles. The lowest BCUT2D eigenvalue weighted by atomic mass is 10.2. The quantitative estimate of drug-likeness (QED) is 0.673. The fraction of sp³-hybridized carbons (Fsp3) is 0.111. The Morgan fingerprint density at radius 3 is 2.64 bits per heavy atom. The van der Waals surface area contributed by atoms with Gasteiger partial charge in [0, 0.05) is 7.05 Å². The molecule has 1 N–H and O–H groups in total. The molecule has 1 aromatic carbocycles. The van der Waals surface area contributed by atoms with E-state index in [0.717, 1.165) is 9.36 Å². The van der Waals surface area contributed by atoms with Crippen LogP contribution in [0.3, 0.4) is 0 Å². The summed E-state index contributed by atoms with van der Waals surface area (Å²) < 4.78 is 2.00. The predicted octanol–water partition coefficient (Wildman–Crippen LogP) is 0.866. The van der Waals surface area contributed by atoms with Crippen LogP contribution in [0.15, 0.2) is 29.1 Å². The number of nitrogens with zero attached hydrogens (tertiary/aromatic N) is 2. The second-order valence-electron chi connectivity index (χ2n) is 2.94. The van der Waals surface area contributed by atoms with E-state index in [0.29, 0.717) is 10.9 Å². The molecule has 0 amide bonds. The van der Waals surface area contributed by atoms with Crippen molar-refractivity contribution in [3.8, 4) is 0 Å². The fourth-order valence-corrected chi connectivity index (χ4v) is 1.50. The summed E-state index contributed by atoms with van der Waals surface area (Å²) in [5.41, 5.74) is 0.107. The lowest BCUT2D eigenvalue weighted by Gasteiger charge is -2.00. The van der Waals surface area contributed by atoms with Gasteiger partial charge in [0.05, 0.1) is 10.9 Å². The molecule has 5 heteroatoms. The van der Waals surface area contributed by atoms with Crippen LogP contribution in [-0.4, -0.2) is 20.6 Å². The van der Waals surface area contributed by atoms with Crippen molar-refractivity contribution < 1.29 is 9.90 Å². The minimum absolute atomic E-state index is 0.303. The van der Waals surface area contributed by atoms with E-state index in [1.807, 2.05) is 0 Å². The van der Waals surface area contributed by atoms with Gasteiger partial charge in [0.2, 0.25) is 0 Å².